The highest BCUT2D eigenvalue weighted by Crippen LogP contribution is 2.16. The molecule has 0 fully saturated rings. The van der Waals surface area contributed by atoms with E-state index in [1.54, 1.807) is 18.4 Å². The zero-order valence-corrected chi connectivity index (χ0v) is 11.3. The predicted octanol–water partition coefficient (Wildman–Crippen LogP) is 1.08. The van der Waals surface area contributed by atoms with Gasteiger partial charge in [0.2, 0.25) is 0 Å². The fraction of sp³-hybridized carbons (Fsp3) is 0.273. The summed E-state index contributed by atoms with van der Waals surface area (Å²) in [6, 6.07) is 1.56. The van der Waals surface area contributed by atoms with E-state index in [9.17, 15) is 9.59 Å². The largest absolute Gasteiger partial charge is 0.481 e. The lowest BCUT2D eigenvalue weighted by atomic mass is 10.3. The number of thiazole rings is 1. The molecule has 0 bridgehead atoms. The van der Waals surface area contributed by atoms with E-state index in [-0.39, 0.29) is 18.9 Å². The molecule has 0 aliphatic heterocycles. The van der Waals surface area contributed by atoms with E-state index >= 15 is 0 Å². The molecular weight excluding hydrogens is 286 g/mol. The Hall–Kier alpha value is -2.42. The molecule has 0 unspecified atom stereocenters. The second-order valence-electron chi connectivity index (χ2n) is 3.83. The van der Waals surface area contributed by atoms with Crippen LogP contribution in [0.5, 0.6) is 5.88 Å². The van der Waals surface area contributed by atoms with Crippen LogP contribution in [0.3, 0.4) is 0 Å². The topological polar surface area (TPSA) is 115 Å². The molecule has 0 radical (unpaired) electrons. The number of aryl methyl sites for hydroxylation is 1. The monoisotopic (exact) mass is 297 g/mol. The number of carbonyl (C=O) groups excluding carboxylic acids is 1. The Labute approximate surface area is 117 Å². The summed E-state index contributed by atoms with van der Waals surface area (Å²) in [5, 5.41) is 16.6. The molecule has 2 aromatic rings. The van der Waals surface area contributed by atoms with Crippen molar-refractivity contribution in [1.82, 2.24) is 10.1 Å². The van der Waals surface area contributed by atoms with Gasteiger partial charge in [-0.05, 0) is 12.1 Å². The summed E-state index contributed by atoms with van der Waals surface area (Å²) in [4.78, 5) is 26.0. The zero-order valence-electron chi connectivity index (χ0n) is 10.5. The Bertz CT molecular complexity index is 621. The standard InChI is InChI=1S/C11H11N3O5S/c1-6-2-9(14-19-6)18-4-8(15)13-11-12-7(5-20-11)3-10(16)17/h2,5H,3-4H2,1H3,(H,16,17)(H,12,13,15). The fourth-order valence-electron chi connectivity index (χ4n) is 1.31. The number of anilines is 1. The molecule has 0 spiro atoms. The van der Waals surface area contributed by atoms with Crippen LogP contribution in [0.1, 0.15) is 11.5 Å². The molecule has 0 aliphatic rings. The van der Waals surface area contributed by atoms with Gasteiger partial charge in [0.05, 0.1) is 12.1 Å². The van der Waals surface area contributed by atoms with Crippen LogP contribution in [0.15, 0.2) is 16.0 Å². The average molecular weight is 297 g/mol. The van der Waals surface area contributed by atoms with E-state index in [0.29, 0.717) is 16.6 Å². The van der Waals surface area contributed by atoms with Gasteiger partial charge in [-0.15, -0.1) is 11.3 Å². The number of carboxylic acids is 1. The number of rotatable bonds is 6. The smallest absolute Gasteiger partial charge is 0.309 e. The highest BCUT2D eigenvalue weighted by molar-refractivity contribution is 7.13. The number of carboxylic acid groups (broad SMARTS) is 1. The Balaban J connectivity index is 1.82. The summed E-state index contributed by atoms with van der Waals surface area (Å²) < 4.78 is 9.88. The molecule has 2 aromatic heterocycles. The number of nitrogens with one attached hydrogen (secondary N) is 1. The maximum Gasteiger partial charge on any atom is 0.309 e. The lowest BCUT2D eigenvalue weighted by Gasteiger charge is -2.01. The van der Waals surface area contributed by atoms with Gasteiger partial charge in [0.1, 0.15) is 5.76 Å². The molecule has 0 atom stereocenters. The number of aliphatic carboxylic acids is 1. The molecule has 0 saturated heterocycles. The average Bonchev–Trinajstić information content (AvgIpc) is 2.95. The molecule has 2 rings (SSSR count). The molecular formula is C11H11N3O5S. The Morgan fingerprint density at radius 3 is 3.00 bits per heavy atom. The summed E-state index contributed by atoms with van der Waals surface area (Å²) in [7, 11) is 0. The number of hydrogen-bond acceptors (Lipinski definition) is 7. The molecule has 0 saturated carbocycles. The minimum Gasteiger partial charge on any atom is -0.481 e. The normalized spacial score (nSPS) is 10.2. The third-order valence-electron chi connectivity index (χ3n) is 2.09. The molecule has 9 heteroatoms. The van der Waals surface area contributed by atoms with Crippen LogP contribution >= 0.6 is 11.3 Å². The Morgan fingerprint density at radius 1 is 1.55 bits per heavy atom. The van der Waals surface area contributed by atoms with E-state index in [1.807, 2.05) is 0 Å². The van der Waals surface area contributed by atoms with Crippen LogP contribution in [-0.2, 0) is 16.0 Å². The number of amides is 1. The number of aromatic nitrogens is 2. The minimum absolute atomic E-state index is 0.179. The van der Waals surface area contributed by atoms with Gasteiger partial charge in [0, 0.05) is 11.4 Å². The Kier molecular flexibility index (Phi) is 4.31. The van der Waals surface area contributed by atoms with Crippen LogP contribution in [0.25, 0.3) is 0 Å². The van der Waals surface area contributed by atoms with E-state index in [4.69, 9.17) is 14.4 Å². The highest BCUT2D eigenvalue weighted by atomic mass is 32.1. The van der Waals surface area contributed by atoms with Crippen molar-refractivity contribution in [2.24, 2.45) is 0 Å². The van der Waals surface area contributed by atoms with Crippen molar-refractivity contribution >= 4 is 28.3 Å². The minimum atomic E-state index is -0.974. The zero-order chi connectivity index (χ0) is 14.5. The van der Waals surface area contributed by atoms with Crippen molar-refractivity contribution in [3.63, 3.8) is 0 Å². The molecule has 2 heterocycles. The van der Waals surface area contributed by atoms with Crippen molar-refractivity contribution in [1.29, 1.82) is 0 Å². The molecule has 0 aliphatic carbocycles. The van der Waals surface area contributed by atoms with Crippen LogP contribution in [0.2, 0.25) is 0 Å². The first-order chi connectivity index (χ1) is 9.52. The first kappa shape index (κ1) is 14.0. The second-order valence-corrected chi connectivity index (χ2v) is 4.69. The van der Waals surface area contributed by atoms with E-state index in [2.05, 4.69) is 15.5 Å². The van der Waals surface area contributed by atoms with Crippen LogP contribution in [0, 0.1) is 6.92 Å². The van der Waals surface area contributed by atoms with Crippen LogP contribution < -0.4 is 10.1 Å². The van der Waals surface area contributed by atoms with Gasteiger partial charge in [-0.3, -0.25) is 14.9 Å². The van der Waals surface area contributed by atoms with Crippen molar-refractivity contribution in [3.8, 4) is 5.88 Å². The molecule has 8 nitrogen and oxygen atoms in total. The van der Waals surface area contributed by atoms with Crippen molar-refractivity contribution < 1.29 is 24.0 Å². The van der Waals surface area contributed by atoms with Crippen molar-refractivity contribution in [2.45, 2.75) is 13.3 Å². The molecule has 1 amide bonds. The van der Waals surface area contributed by atoms with Crippen LogP contribution in [-0.4, -0.2) is 33.7 Å². The maximum atomic E-state index is 11.6. The van der Waals surface area contributed by atoms with Gasteiger partial charge < -0.3 is 14.4 Å². The number of nitrogens with zero attached hydrogens (tertiary/aromatic N) is 2. The quantitative estimate of drug-likeness (QED) is 0.819. The van der Waals surface area contributed by atoms with Gasteiger partial charge >= 0.3 is 5.97 Å². The number of hydrogen-bond donors (Lipinski definition) is 2. The van der Waals surface area contributed by atoms with E-state index < -0.39 is 11.9 Å². The molecule has 20 heavy (non-hydrogen) atoms. The van der Waals surface area contributed by atoms with Crippen molar-refractivity contribution in [2.75, 3.05) is 11.9 Å². The molecule has 2 N–H and O–H groups in total. The summed E-state index contributed by atoms with van der Waals surface area (Å²) in [5.74, 6) is -0.582. The number of carbonyl (C=O) groups is 2. The first-order valence-corrected chi connectivity index (χ1v) is 6.43. The van der Waals surface area contributed by atoms with Crippen LogP contribution in [0.4, 0.5) is 5.13 Å². The van der Waals surface area contributed by atoms with E-state index in [1.165, 1.54) is 0 Å². The first-order valence-electron chi connectivity index (χ1n) is 5.55. The summed E-state index contributed by atoms with van der Waals surface area (Å²) in [6.07, 6.45) is -0.179. The summed E-state index contributed by atoms with van der Waals surface area (Å²) in [5.41, 5.74) is 0.394. The SMILES string of the molecule is Cc1cc(OCC(=O)Nc2nc(CC(=O)O)cs2)no1. The van der Waals surface area contributed by atoms with Gasteiger partial charge in [0.15, 0.2) is 11.7 Å². The predicted molar refractivity (Wildman–Crippen MR) is 68.8 cm³/mol. The lowest BCUT2D eigenvalue weighted by molar-refractivity contribution is -0.136. The van der Waals surface area contributed by atoms with Gasteiger partial charge in [-0.2, -0.15) is 0 Å². The maximum absolute atomic E-state index is 11.6. The van der Waals surface area contributed by atoms with Gasteiger partial charge in [0.25, 0.3) is 11.8 Å². The lowest BCUT2D eigenvalue weighted by Crippen LogP contribution is -2.20. The second kappa shape index (κ2) is 6.15. The van der Waals surface area contributed by atoms with Gasteiger partial charge in [-0.25, -0.2) is 4.98 Å². The summed E-state index contributed by atoms with van der Waals surface area (Å²) >= 11 is 1.15. The number of ether oxygens (including phenoxy) is 1. The highest BCUT2D eigenvalue weighted by Gasteiger charge is 2.10. The fourth-order valence-corrected chi connectivity index (χ4v) is 2.03. The van der Waals surface area contributed by atoms with Crippen molar-refractivity contribution in [3.05, 3.63) is 22.9 Å². The third kappa shape index (κ3) is 4.05. The van der Waals surface area contributed by atoms with E-state index in [0.717, 1.165) is 11.3 Å². The molecule has 0 aromatic carbocycles. The summed E-state index contributed by atoms with van der Waals surface area (Å²) in [6.45, 7) is 1.47. The molecule has 106 valence electrons. The third-order valence-corrected chi connectivity index (χ3v) is 2.89. The Morgan fingerprint density at radius 2 is 2.35 bits per heavy atom. The van der Waals surface area contributed by atoms with Gasteiger partial charge in [-0.1, -0.05) is 0 Å².